The van der Waals surface area contributed by atoms with E-state index < -0.39 is 9.84 Å². The van der Waals surface area contributed by atoms with Gasteiger partial charge >= 0.3 is 0 Å². The summed E-state index contributed by atoms with van der Waals surface area (Å²) in [5, 5.41) is 8.58. The Bertz CT molecular complexity index is 1600. The highest BCUT2D eigenvalue weighted by Crippen LogP contribution is 2.38. The summed E-state index contributed by atoms with van der Waals surface area (Å²) < 4.78 is 32.2. The molecule has 1 saturated carbocycles. The van der Waals surface area contributed by atoms with Gasteiger partial charge in [0.05, 0.1) is 22.8 Å². The molecule has 0 unspecified atom stereocenters. The predicted molar refractivity (Wildman–Crippen MR) is 154 cm³/mol. The van der Waals surface area contributed by atoms with Gasteiger partial charge in [0, 0.05) is 30.4 Å². The molecule has 8 nitrogen and oxygen atoms in total. The average molecular weight is 544 g/mol. The Morgan fingerprint density at radius 1 is 1.00 bits per heavy atom. The Morgan fingerprint density at radius 3 is 2.72 bits per heavy atom. The summed E-state index contributed by atoms with van der Waals surface area (Å²) in [6.07, 6.45) is 7.67. The number of aromatic nitrogens is 3. The van der Waals surface area contributed by atoms with Crippen LogP contribution >= 0.6 is 0 Å². The van der Waals surface area contributed by atoms with Gasteiger partial charge in [0.25, 0.3) is 0 Å². The van der Waals surface area contributed by atoms with Gasteiger partial charge in [0.1, 0.15) is 5.75 Å². The van der Waals surface area contributed by atoms with Crippen LogP contribution in [0.3, 0.4) is 0 Å². The molecule has 0 amide bonds. The number of benzene rings is 2. The summed E-state index contributed by atoms with van der Waals surface area (Å²) in [5.74, 6) is 2.30. The van der Waals surface area contributed by atoms with Gasteiger partial charge < -0.3 is 15.4 Å². The average Bonchev–Trinajstić information content (AvgIpc) is 3.74. The Labute approximate surface area is 229 Å². The lowest BCUT2D eigenvalue weighted by Crippen LogP contribution is -2.38. The first-order chi connectivity index (χ1) is 18.9. The molecule has 39 heavy (non-hydrogen) atoms. The lowest BCUT2D eigenvalue weighted by molar-refractivity contribution is 0.466. The fourth-order valence-electron chi connectivity index (χ4n) is 5.20. The van der Waals surface area contributed by atoms with Crippen LogP contribution in [0.2, 0.25) is 0 Å². The summed E-state index contributed by atoms with van der Waals surface area (Å²) in [6.45, 7) is 3.92. The van der Waals surface area contributed by atoms with E-state index >= 15 is 0 Å². The third-order valence-corrected chi connectivity index (χ3v) is 9.12. The molecule has 3 heterocycles. The van der Waals surface area contributed by atoms with E-state index in [-0.39, 0.29) is 11.5 Å². The van der Waals surface area contributed by atoms with E-state index in [0.29, 0.717) is 35.2 Å². The lowest BCUT2D eigenvalue weighted by Gasteiger charge is -2.23. The van der Waals surface area contributed by atoms with Crippen LogP contribution < -0.4 is 15.4 Å². The van der Waals surface area contributed by atoms with Crippen molar-refractivity contribution in [3.8, 4) is 22.9 Å². The second kappa shape index (κ2) is 10.9. The first-order valence-corrected chi connectivity index (χ1v) is 15.4. The number of hydrogen-bond donors (Lipinski definition) is 2. The van der Waals surface area contributed by atoms with E-state index in [2.05, 4.69) is 20.6 Å². The van der Waals surface area contributed by atoms with Crippen molar-refractivity contribution >= 4 is 26.6 Å². The fraction of sp³-hybridized carbons (Fsp3) is 0.367. The van der Waals surface area contributed by atoms with Gasteiger partial charge in [-0.1, -0.05) is 30.3 Å². The number of anilines is 1. The Balaban J connectivity index is 1.31. The maximum absolute atomic E-state index is 12.8. The van der Waals surface area contributed by atoms with Crippen LogP contribution in [0.4, 0.5) is 5.95 Å². The molecule has 2 aromatic heterocycles. The number of piperidine rings is 1. The molecule has 0 radical (unpaired) electrons. The van der Waals surface area contributed by atoms with Gasteiger partial charge in [-0.15, -0.1) is 0 Å². The van der Waals surface area contributed by atoms with E-state index in [9.17, 15) is 8.42 Å². The molecule has 2 aromatic carbocycles. The second-order valence-electron chi connectivity index (χ2n) is 10.6. The highest BCUT2D eigenvalue weighted by atomic mass is 32.2. The maximum Gasteiger partial charge on any atom is 0.228 e. The maximum atomic E-state index is 12.8. The minimum Gasteiger partial charge on any atom is -0.437 e. The monoisotopic (exact) mass is 543 g/mol. The third kappa shape index (κ3) is 6.04. The van der Waals surface area contributed by atoms with Gasteiger partial charge in [-0.25, -0.2) is 23.4 Å². The van der Waals surface area contributed by atoms with Gasteiger partial charge in [-0.3, -0.25) is 0 Å². The van der Waals surface area contributed by atoms with Crippen LogP contribution in [0.1, 0.15) is 36.8 Å². The lowest BCUT2D eigenvalue weighted by atomic mass is 10.0. The highest BCUT2D eigenvalue weighted by Gasteiger charge is 2.28. The van der Waals surface area contributed by atoms with Crippen molar-refractivity contribution in [2.45, 2.75) is 44.4 Å². The summed E-state index contributed by atoms with van der Waals surface area (Å²) in [5.41, 5.74) is 3.20. The van der Waals surface area contributed by atoms with E-state index in [4.69, 9.17) is 9.72 Å². The molecule has 6 rings (SSSR count). The Morgan fingerprint density at radius 2 is 1.90 bits per heavy atom. The first-order valence-electron chi connectivity index (χ1n) is 13.6. The predicted octanol–water partition coefficient (Wildman–Crippen LogP) is 5.28. The Kier molecular flexibility index (Phi) is 7.18. The van der Waals surface area contributed by atoms with Gasteiger partial charge in [0.2, 0.25) is 11.8 Å². The number of nitrogens with one attached hydrogen (secondary N) is 2. The molecule has 2 aliphatic rings. The van der Waals surface area contributed by atoms with Crippen molar-refractivity contribution in [2.75, 3.05) is 24.2 Å². The van der Waals surface area contributed by atoms with Gasteiger partial charge in [-0.05, 0) is 79.8 Å². The molecule has 4 aromatic rings. The normalized spacial score (nSPS) is 17.7. The first kappa shape index (κ1) is 25.7. The van der Waals surface area contributed by atoms with Crippen molar-refractivity contribution in [2.24, 2.45) is 5.92 Å². The number of pyridine rings is 1. The highest BCUT2D eigenvalue weighted by molar-refractivity contribution is 7.90. The fourth-order valence-corrected chi connectivity index (χ4v) is 7.10. The van der Waals surface area contributed by atoms with Crippen molar-refractivity contribution < 1.29 is 13.2 Å². The number of aryl methyl sites for hydroxylation is 1. The summed E-state index contributed by atoms with van der Waals surface area (Å²) in [4.78, 5) is 13.8. The number of fused-ring (bicyclic) bond motifs is 1. The van der Waals surface area contributed by atoms with E-state index in [1.165, 1.54) is 0 Å². The van der Waals surface area contributed by atoms with Crippen molar-refractivity contribution in [1.29, 1.82) is 0 Å². The number of hydrogen-bond acceptors (Lipinski definition) is 8. The molecule has 202 valence electrons. The van der Waals surface area contributed by atoms with Crippen molar-refractivity contribution in [3.63, 3.8) is 0 Å². The van der Waals surface area contributed by atoms with Crippen LogP contribution in [-0.4, -0.2) is 48.3 Å². The molecule has 0 spiro atoms. The standard InChI is InChI=1S/C30H33N5O3S/c1-20-9-12-24-22(19-39(36,37)18-21-10-11-21)5-2-7-25(24)28(20)38-29-26(8-4-15-32-29)27-13-16-33-30(35-27)34-23-6-3-14-31-17-23/h2,4-5,7-9,12-13,15-16,21,23,31H,3,6,10-11,14,17-19H2,1H3,(H,33,34,35)/t23-/m0/s1. The van der Waals surface area contributed by atoms with Gasteiger partial charge in [0.15, 0.2) is 9.84 Å². The number of ether oxygens (including phenoxy) is 1. The second-order valence-corrected chi connectivity index (χ2v) is 12.7. The van der Waals surface area contributed by atoms with Crippen LogP contribution in [0, 0.1) is 12.8 Å². The quantitative estimate of drug-likeness (QED) is 0.294. The largest absolute Gasteiger partial charge is 0.437 e. The van der Waals surface area contributed by atoms with Crippen molar-refractivity contribution in [1.82, 2.24) is 20.3 Å². The molecule has 0 bridgehead atoms. The minimum atomic E-state index is -3.18. The Hall–Kier alpha value is -3.56. The number of sulfone groups is 1. The molecule has 1 aliphatic heterocycles. The van der Waals surface area contributed by atoms with Crippen LogP contribution in [0.25, 0.3) is 22.0 Å². The number of nitrogens with zero attached hydrogens (tertiary/aromatic N) is 3. The van der Waals surface area contributed by atoms with E-state index in [0.717, 1.165) is 66.2 Å². The van der Waals surface area contributed by atoms with Crippen LogP contribution in [0.5, 0.6) is 11.6 Å². The molecular weight excluding hydrogens is 510 g/mol. The molecule has 2 fully saturated rings. The van der Waals surface area contributed by atoms with Crippen LogP contribution in [0.15, 0.2) is 60.9 Å². The van der Waals surface area contributed by atoms with Crippen LogP contribution in [-0.2, 0) is 15.6 Å². The molecule has 2 N–H and O–H groups in total. The SMILES string of the molecule is Cc1ccc2c(CS(=O)(=O)CC3CC3)cccc2c1Oc1ncccc1-c1ccnc(N[C@H]2CCCNC2)n1. The van der Waals surface area contributed by atoms with E-state index in [1.807, 2.05) is 55.5 Å². The zero-order chi connectivity index (χ0) is 26.8. The molecular formula is C30H33N5O3S. The zero-order valence-corrected chi connectivity index (χ0v) is 22.9. The van der Waals surface area contributed by atoms with Gasteiger partial charge in [-0.2, -0.15) is 0 Å². The minimum absolute atomic E-state index is 0.0331. The third-order valence-electron chi connectivity index (χ3n) is 7.39. The molecule has 9 heteroatoms. The zero-order valence-electron chi connectivity index (χ0n) is 22.1. The molecule has 1 aliphatic carbocycles. The molecule has 1 atom stereocenters. The summed E-state index contributed by atoms with van der Waals surface area (Å²) in [6, 6.07) is 15.7. The topological polar surface area (TPSA) is 106 Å². The summed E-state index contributed by atoms with van der Waals surface area (Å²) in [7, 11) is -3.18. The number of rotatable bonds is 9. The van der Waals surface area contributed by atoms with E-state index in [1.54, 1.807) is 12.4 Å². The summed E-state index contributed by atoms with van der Waals surface area (Å²) >= 11 is 0. The molecule has 1 saturated heterocycles. The smallest absolute Gasteiger partial charge is 0.228 e. The van der Waals surface area contributed by atoms with Crippen molar-refractivity contribution in [3.05, 3.63) is 72.1 Å².